The first kappa shape index (κ1) is 11.2. The predicted molar refractivity (Wildman–Crippen MR) is 70.6 cm³/mol. The molecule has 0 atom stereocenters. The summed E-state index contributed by atoms with van der Waals surface area (Å²) >= 11 is 0. The molecule has 2 rings (SSSR count). The summed E-state index contributed by atoms with van der Waals surface area (Å²) < 4.78 is 0. The lowest BCUT2D eigenvalue weighted by atomic mass is 10.1. The van der Waals surface area contributed by atoms with E-state index in [-0.39, 0.29) is 0 Å². The summed E-state index contributed by atoms with van der Waals surface area (Å²) in [4.78, 5) is 0. The third-order valence-electron chi connectivity index (χ3n) is 2.85. The monoisotopic (exact) mass is 213 g/mol. The van der Waals surface area contributed by atoms with E-state index in [2.05, 4.69) is 54.7 Å². The second-order valence-corrected chi connectivity index (χ2v) is 4.21. The summed E-state index contributed by atoms with van der Waals surface area (Å²) in [5.74, 6) is 0. The van der Waals surface area contributed by atoms with Crippen molar-refractivity contribution in [3.63, 3.8) is 0 Å². The molecule has 0 heterocycles. The number of nitrogens with one attached hydrogen (secondary N) is 1. The summed E-state index contributed by atoms with van der Waals surface area (Å²) in [5, 5.41) is 6.12. The summed E-state index contributed by atoms with van der Waals surface area (Å²) in [5.41, 5.74) is 1.37. The molecule has 0 unspecified atom stereocenters. The van der Waals surface area contributed by atoms with Gasteiger partial charge in [-0.25, -0.2) is 0 Å². The Morgan fingerprint density at radius 1 is 1.00 bits per heavy atom. The molecule has 2 aromatic rings. The normalized spacial score (nSPS) is 10.8. The fourth-order valence-corrected chi connectivity index (χ4v) is 1.88. The second-order valence-electron chi connectivity index (χ2n) is 4.21. The summed E-state index contributed by atoms with van der Waals surface area (Å²) in [6.45, 7) is 4.31. The van der Waals surface area contributed by atoms with Crippen LogP contribution >= 0.6 is 0 Å². The maximum atomic E-state index is 3.47. The van der Waals surface area contributed by atoms with Gasteiger partial charge in [0.25, 0.3) is 0 Å². The van der Waals surface area contributed by atoms with Gasteiger partial charge in [-0.3, -0.25) is 0 Å². The Morgan fingerprint density at radius 3 is 2.62 bits per heavy atom. The molecule has 16 heavy (non-hydrogen) atoms. The van der Waals surface area contributed by atoms with E-state index in [1.54, 1.807) is 0 Å². The van der Waals surface area contributed by atoms with E-state index >= 15 is 0 Å². The number of rotatable bonds is 5. The Labute approximate surface area is 97.5 Å². The average molecular weight is 213 g/mol. The number of unbranched alkanes of at least 4 members (excludes halogenated alkanes) is 1. The molecule has 1 heteroatoms. The van der Waals surface area contributed by atoms with E-state index < -0.39 is 0 Å². The highest BCUT2D eigenvalue weighted by molar-refractivity contribution is 5.82. The summed E-state index contributed by atoms with van der Waals surface area (Å²) in [6.07, 6.45) is 2.51. The molecule has 0 spiro atoms. The molecular formula is C15H19N. The fraction of sp³-hybridized carbons (Fsp3) is 0.333. The smallest absolute Gasteiger partial charge is 0.0205 e. The van der Waals surface area contributed by atoms with Crippen LogP contribution < -0.4 is 5.32 Å². The van der Waals surface area contributed by atoms with Gasteiger partial charge < -0.3 is 5.32 Å². The zero-order valence-corrected chi connectivity index (χ0v) is 9.87. The highest BCUT2D eigenvalue weighted by Crippen LogP contribution is 2.15. The van der Waals surface area contributed by atoms with Crippen LogP contribution in [0.5, 0.6) is 0 Å². The van der Waals surface area contributed by atoms with Crippen molar-refractivity contribution in [2.75, 3.05) is 6.54 Å². The van der Waals surface area contributed by atoms with Crippen molar-refractivity contribution in [3.05, 3.63) is 48.0 Å². The first-order valence-electron chi connectivity index (χ1n) is 6.08. The molecule has 1 N–H and O–H groups in total. The number of benzene rings is 2. The van der Waals surface area contributed by atoms with Crippen LogP contribution in [0.1, 0.15) is 25.3 Å². The van der Waals surface area contributed by atoms with E-state index in [9.17, 15) is 0 Å². The molecule has 0 bridgehead atoms. The first-order valence-corrected chi connectivity index (χ1v) is 6.08. The van der Waals surface area contributed by atoms with E-state index in [0.717, 1.165) is 13.1 Å². The van der Waals surface area contributed by atoms with Crippen molar-refractivity contribution < 1.29 is 0 Å². The van der Waals surface area contributed by atoms with E-state index in [1.807, 2.05) is 0 Å². The van der Waals surface area contributed by atoms with Gasteiger partial charge in [0.15, 0.2) is 0 Å². The van der Waals surface area contributed by atoms with Crippen LogP contribution in [0, 0.1) is 0 Å². The van der Waals surface area contributed by atoms with E-state index in [1.165, 1.54) is 29.2 Å². The van der Waals surface area contributed by atoms with Crippen LogP contribution in [0.25, 0.3) is 10.8 Å². The van der Waals surface area contributed by atoms with Crippen molar-refractivity contribution in [3.8, 4) is 0 Å². The van der Waals surface area contributed by atoms with E-state index in [0.29, 0.717) is 0 Å². The zero-order chi connectivity index (χ0) is 11.2. The molecule has 0 aliphatic carbocycles. The van der Waals surface area contributed by atoms with Crippen LogP contribution in [-0.4, -0.2) is 6.54 Å². The number of hydrogen-bond acceptors (Lipinski definition) is 1. The molecule has 0 saturated carbocycles. The molecule has 0 aromatic heterocycles. The molecule has 84 valence electrons. The topological polar surface area (TPSA) is 12.0 Å². The highest BCUT2D eigenvalue weighted by atomic mass is 14.8. The Bertz CT molecular complexity index is 448. The van der Waals surface area contributed by atoms with Crippen LogP contribution in [0.3, 0.4) is 0 Å². The Morgan fingerprint density at radius 2 is 1.81 bits per heavy atom. The average Bonchev–Trinajstić information content (AvgIpc) is 2.34. The standard InChI is InChI=1S/C15H19N/c1-2-3-10-16-12-13-8-9-14-6-4-5-7-15(14)11-13/h4-9,11,16H,2-3,10,12H2,1H3. The first-order chi connectivity index (χ1) is 7.90. The van der Waals surface area contributed by atoms with Crippen LogP contribution in [0.4, 0.5) is 0 Å². The van der Waals surface area contributed by atoms with Crippen molar-refractivity contribution in [2.24, 2.45) is 0 Å². The van der Waals surface area contributed by atoms with Gasteiger partial charge in [-0.15, -0.1) is 0 Å². The molecule has 0 radical (unpaired) electrons. The Hall–Kier alpha value is -1.34. The fourth-order valence-electron chi connectivity index (χ4n) is 1.88. The lowest BCUT2D eigenvalue weighted by Crippen LogP contribution is -2.14. The lowest BCUT2D eigenvalue weighted by molar-refractivity contribution is 0.642. The SMILES string of the molecule is CCCCNCc1ccc2ccccc2c1. The molecule has 0 saturated heterocycles. The maximum absolute atomic E-state index is 3.47. The predicted octanol–water partition coefficient (Wildman–Crippen LogP) is 3.73. The maximum Gasteiger partial charge on any atom is 0.0205 e. The summed E-state index contributed by atoms with van der Waals surface area (Å²) in [7, 11) is 0. The molecule has 0 fully saturated rings. The van der Waals surface area contributed by atoms with Gasteiger partial charge in [-0.05, 0) is 35.4 Å². The largest absolute Gasteiger partial charge is 0.313 e. The minimum atomic E-state index is 0.977. The third kappa shape index (κ3) is 2.83. The van der Waals surface area contributed by atoms with E-state index in [4.69, 9.17) is 0 Å². The van der Waals surface area contributed by atoms with Gasteiger partial charge in [-0.1, -0.05) is 49.7 Å². The molecule has 0 aliphatic heterocycles. The van der Waals surface area contributed by atoms with Gasteiger partial charge in [-0.2, -0.15) is 0 Å². The van der Waals surface area contributed by atoms with Gasteiger partial charge in [0, 0.05) is 6.54 Å². The van der Waals surface area contributed by atoms with Gasteiger partial charge in [0.1, 0.15) is 0 Å². The second kappa shape index (κ2) is 5.66. The zero-order valence-electron chi connectivity index (χ0n) is 9.87. The van der Waals surface area contributed by atoms with Gasteiger partial charge >= 0.3 is 0 Å². The minimum absolute atomic E-state index is 0.977. The molecule has 0 aliphatic rings. The Balaban J connectivity index is 2.02. The lowest BCUT2D eigenvalue weighted by Gasteiger charge is -2.05. The van der Waals surface area contributed by atoms with Gasteiger partial charge in [0.05, 0.1) is 0 Å². The van der Waals surface area contributed by atoms with Crippen molar-refractivity contribution in [1.82, 2.24) is 5.32 Å². The van der Waals surface area contributed by atoms with Crippen LogP contribution in [-0.2, 0) is 6.54 Å². The molecule has 0 amide bonds. The number of fused-ring (bicyclic) bond motifs is 1. The van der Waals surface area contributed by atoms with Crippen molar-refractivity contribution in [1.29, 1.82) is 0 Å². The molecule has 2 aromatic carbocycles. The minimum Gasteiger partial charge on any atom is -0.313 e. The van der Waals surface area contributed by atoms with Crippen LogP contribution in [0.2, 0.25) is 0 Å². The van der Waals surface area contributed by atoms with Gasteiger partial charge in [0.2, 0.25) is 0 Å². The molecular weight excluding hydrogens is 194 g/mol. The number of hydrogen-bond donors (Lipinski definition) is 1. The van der Waals surface area contributed by atoms with Crippen LogP contribution in [0.15, 0.2) is 42.5 Å². The van der Waals surface area contributed by atoms with Crippen molar-refractivity contribution >= 4 is 10.8 Å². The summed E-state index contributed by atoms with van der Waals surface area (Å²) in [6, 6.07) is 15.2. The highest BCUT2D eigenvalue weighted by Gasteiger charge is 1.95. The van der Waals surface area contributed by atoms with Crippen molar-refractivity contribution in [2.45, 2.75) is 26.3 Å². The molecule has 1 nitrogen and oxygen atoms in total. The quantitative estimate of drug-likeness (QED) is 0.746. The third-order valence-corrected chi connectivity index (χ3v) is 2.85. The Kier molecular flexibility index (Phi) is 3.95.